The highest BCUT2D eigenvalue weighted by Gasteiger charge is 2.14. The molecule has 2 rings (SSSR count). The van der Waals surface area contributed by atoms with Crippen LogP contribution in [0, 0.1) is 0 Å². The van der Waals surface area contributed by atoms with Crippen molar-refractivity contribution in [3.05, 3.63) is 47.8 Å². The third-order valence-electron chi connectivity index (χ3n) is 3.21. The van der Waals surface area contributed by atoms with Crippen LogP contribution in [0.2, 0.25) is 0 Å². The summed E-state index contributed by atoms with van der Waals surface area (Å²) in [7, 11) is 0. The topological polar surface area (TPSA) is 55.0 Å². The predicted molar refractivity (Wildman–Crippen MR) is 83.6 cm³/mol. The fraction of sp³-hybridized carbons (Fsp3) is 0.375. The number of aryl methyl sites for hydroxylation is 1. The summed E-state index contributed by atoms with van der Waals surface area (Å²) in [6.07, 6.45) is 0.787. The van der Waals surface area contributed by atoms with E-state index in [9.17, 15) is 0 Å². The predicted octanol–water partition coefficient (Wildman–Crippen LogP) is 3.04. The van der Waals surface area contributed by atoms with E-state index in [0.29, 0.717) is 11.9 Å². The Hall–Kier alpha value is -2.10. The van der Waals surface area contributed by atoms with E-state index in [2.05, 4.69) is 53.0 Å². The Balaban J connectivity index is 2.31. The first kappa shape index (κ1) is 14.3. The average Bonchev–Trinajstić information content (AvgIpc) is 2.44. The fourth-order valence-corrected chi connectivity index (χ4v) is 2.12. The van der Waals surface area contributed by atoms with Crippen LogP contribution in [0.15, 0.2) is 36.4 Å². The molecule has 0 radical (unpaired) electrons. The first-order chi connectivity index (χ1) is 9.60. The number of nitrogens with two attached hydrogens (primary N) is 1. The molecule has 0 aliphatic carbocycles. The number of rotatable bonds is 5. The zero-order chi connectivity index (χ0) is 14.5. The van der Waals surface area contributed by atoms with Crippen molar-refractivity contribution in [1.82, 2.24) is 9.97 Å². The minimum atomic E-state index is 0.342. The monoisotopic (exact) mass is 270 g/mol. The van der Waals surface area contributed by atoms with Crippen LogP contribution in [0.25, 0.3) is 0 Å². The van der Waals surface area contributed by atoms with Crippen molar-refractivity contribution in [2.45, 2.75) is 39.8 Å². The van der Waals surface area contributed by atoms with E-state index < -0.39 is 0 Å². The van der Waals surface area contributed by atoms with Crippen molar-refractivity contribution >= 4 is 11.6 Å². The molecule has 0 aliphatic rings. The van der Waals surface area contributed by atoms with E-state index in [4.69, 9.17) is 5.73 Å². The Bertz CT molecular complexity index is 552. The summed E-state index contributed by atoms with van der Waals surface area (Å²) in [5, 5.41) is 0. The van der Waals surface area contributed by atoms with Gasteiger partial charge in [-0.25, -0.2) is 9.97 Å². The summed E-state index contributed by atoms with van der Waals surface area (Å²) >= 11 is 0. The highest BCUT2D eigenvalue weighted by atomic mass is 15.2. The summed E-state index contributed by atoms with van der Waals surface area (Å²) in [6.45, 7) is 7.17. The molecular weight excluding hydrogens is 248 g/mol. The molecule has 0 aliphatic heterocycles. The average molecular weight is 270 g/mol. The van der Waals surface area contributed by atoms with Crippen molar-refractivity contribution in [2.75, 3.05) is 10.6 Å². The van der Waals surface area contributed by atoms with Gasteiger partial charge < -0.3 is 10.6 Å². The summed E-state index contributed by atoms with van der Waals surface area (Å²) in [5.74, 6) is 2.22. The standard InChI is InChI=1S/C16H22N4/c1-4-15-18-14(17)10-16(19-15)20(12(2)3)11-13-8-6-5-7-9-13/h5-10,12H,4,11H2,1-3H3,(H2,17,18,19). The quantitative estimate of drug-likeness (QED) is 0.907. The lowest BCUT2D eigenvalue weighted by molar-refractivity contribution is 0.668. The van der Waals surface area contributed by atoms with E-state index >= 15 is 0 Å². The Morgan fingerprint density at radius 1 is 1.15 bits per heavy atom. The van der Waals surface area contributed by atoms with Crippen LogP contribution in [0.3, 0.4) is 0 Å². The normalized spacial score (nSPS) is 10.8. The van der Waals surface area contributed by atoms with Gasteiger partial charge in [0.25, 0.3) is 0 Å². The lowest BCUT2D eigenvalue weighted by Crippen LogP contribution is -2.31. The number of anilines is 2. The van der Waals surface area contributed by atoms with Crippen molar-refractivity contribution in [3.8, 4) is 0 Å². The molecule has 0 atom stereocenters. The van der Waals surface area contributed by atoms with Gasteiger partial charge in [0, 0.05) is 25.1 Å². The van der Waals surface area contributed by atoms with Gasteiger partial charge >= 0.3 is 0 Å². The summed E-state index contributed by atoms with van der Waals surface area (Å²) in [5.41, 5.74) is 7.15. The second-order valence-electron chi connectivity index (χ2n) is 5.13. The van der Waals surface area contributed by atoms with E-state index in [1.807, 2.05) is 19.1 Å². The van der Waals surface area contributed by atoms with Crippen LogP contribution in [0.5, 0.6) is 0 Å². The molecule has 0 unspecified atom stereocenters. The third-order valence-corrected chi connectivity index (χ3v) is 3.21. The Kier molecular flexibility index (Phi) is 4.56. The number of nitrogen functional groups attached to an aromatic ring is 1. The van der Waals surface area contributed by atoms with E-state index in [1.165, 1.54) is 5.56 Å². The zero-order valence-corrected chi connectivity index (χ0v) is 12.4. The number of hydrogen-bond acceptors (Lipinski definition) is 4. The molecule has 1 aromatic heterocycles. The third kappa shape index (κ3) is 3.47. The van der Waals surface area contributed by atoms with Gasteiger partial charge in [0.05, 0.1) is 0 Å². The maximum absolute atomic E-state index is 5.89. The summed E-state index contributed by atoms with van der Waals surface area (Å²) in [4.78, 5) is 11.1. The molecule has 0 bridgehead atoms. The number of benzene rings is 1. The van der Waals surface area contributed by atoms with Crippen LogP contribution in [0.1, 0.15) is 32.2 Å². The van der Waals surface area contributed by atoms with E-state index in [-0.39, 0.29) is 0 Å². The molecule has 0 saturated carbocycles. The molecule has 1 heterocycles. The Morgan fingerprint density at radius 2 is 1.85 bits per heavy atom. The summed E-state index contributed by atoms with van der Waals surface area (Å²) < 4.78 is 0. The molecule has 4 nitrogen and oxygen atoms in total. The van der Waals surface area contributed by atoms with Gasteiger partial charge in [-0.2, -0.15) is 0 Å². The first-order valence-electron chi connectivity index (χ1n) is 7.04. The fourth-order valence-electron chi connectivity index (χ4n) is 2.12. The zero-order valence-electron chi connectivity index (χ0n) is 12.4. The number of hydrogen-bond donors (Lipinski definition) is 1. The number of nitrogens with zero attached hydrogens (tertiary/aromatic N) is 3. The molecule has 1 aromatic carbocycles. The van der Waals surface area contributed by atoms with Gasteiger partial charge in [0.2, 0.25) is 0 Å². The van der Waals surface area contributed by atoms with Gasteiger partial charge in [-0.05, 0) is 19.4 Å². The van der Waals surface area contributed by atoms with E-state index in [1.54, 1.807) is 0 Å². The van der Waals surface area contributed by atoms with Crippen LogP contribution in [-0.2, 0) is 13.0 Å². The smallest absolute Gasteiger partial charge is 0.134 e. The first-order valence-corrected chi connectivity index (χ1v) is 7.04. The van der Waals surface area contributed by atoms with Crippen LogP contribution in [-0.4, -0.2) is 16.0 Å². The van der Waals surface area contributed by atoms with Crippen molar-refractivity contribution in [3.63, 3.8) is 0 Å². The molecular formula is C16H22N4. The molecule has 0 amide bonds. The van der Waals surface area contributed by atoms with Gasteiger partial charge in [-0.1, -0.05) is 37.3 Å². The molecule has 0 saturated heterocycles. The lowest BCUT2D eigenvalue weighted by atomic mass is 10.2. The molecule has 0 spiro atoms. The van der Waals surface area contributed by atoms with Gasteiger partial charge in [0.1, 0.15) is 17.5 Å². The van der Waals surface area contributed by atoms with Crippen LogP contribution >= 0.6 is 0 Å². The van der Waals surface area contributed by atoms with Gasteiger partial charge in [0.15, 0.2) is 0 Å². The van der Waals surface area contributed by atoms with Crippen molar-refractivity contribution < 1.29 is 0 Å². The molecule has 106 valence electrons. The summed E-state index contributed by atoms with van der Waals surface area (Å²) in [6, 6.07) is 12.6. The molecule has 2 aromatic rings. The Morgan fingerprint density at radius 3 is 2.45 bits per heavy atom. The maximum atomic E-state index is 5.89. The lowest BCUT2D eigenvalue weighted by Gasteiger charge is -2.28. The van der Waals surface area contributed by atoms with Crippen LogP contribution < -0.4 is 10.6 Å². The molecule has 2 N–H and O–H groups in total. The van der Waals surface area contributed by atoms with Gasteiger partial charge in [-0.3, -0.25) is 0 Å². The van der Waals surface area contributed by atoms with Crippen molar-refractivity contribution in [1.29, 1.82) is 0 Å². The minimum Gasteiger partial charge on any atom is -0.384 e. The number of aromatic nitrogens is 2. The van der Waals surface area contributed by atoms with Gasteiger partial charge in [-0.15, -0.1) is 0 Å². The maximum Gasteiger partial charge on any atom is 0.134 e. The van der Waals surface area contributed by atoms with Crippen LogP contribution in [0.4, 0.5) is 11.6 Å². The van der Waals surface area contributed by atoms with Crippen molar-refractivity contribution in [2.24, 2.45) is 0 Å². The highest BCUT2D eigenvalue weighted by Crippen LogP contribution is 2.20. The minimum absolute atomic E-state index is 0.342. The molecule has 4 heteroatoms. The second kappa shape index (κ2) is 6.37. The second-order valence-corrected chi connectivity index (χ2v) is 5.13. The molecule has 20 heavy (non-hydrogen) atoms. The SMILES string of the molecule is CCc1nc(N)cc(N(Cc2ccccc2)C(C)C)n1. The highest BCUT2D eigenvalue weighted by molar-refractivity contribution is 5.48. The molecule has 0 fully saturated rings. The Labute approximate surface area is 120 Å². The largest absolute Gasteiger partial charge is 0.384 e. The van der Waals surface area contributed by atoms with E-state index in [0.717, 1.165) is 24.6 Å².